The molecule has 0 aliphatic carbocycles. The highest BCUT2D eigenvalue weighted by molar-refractivity contribution is 6.24. The topological polar surface area (TPSA) is 68.2 Å². The summed E-state index contributed by atoms with van der Waals surface area (Å²) in [4.78, 5) is 7.89. The molecule has 0 amide bonds. The zero-order valence-corrected chi connectivity index (χ0v) is 7.21. The predicted molar refractivity (Wildman–Crippen MR) is 47.0 cm³/mol. The van der Waals surface area contributed by atoms with Gasteiger partial charge in [-0.1, -0.05) is 11.6 Å². The molecule has 64 valence electrons. The number of hydrogen-bond donors (Lipinski definition) is 2. The van der Waals surface area contributed by atoms with E-state index < -0.39 is 5.12 Å². The van der Waals surface area contributed by atoms with Crippen LogP contribution in [0.4, 0.5) is 5.82 Å². The molecule has 0 bridgehead atoms. The third kappa shape index (κ3) is 0.904. The molecule has 0 saturated carbocycles. The summed E-state index contributed by atoms with van der Waals surface area (Å²) < 4.78 is 1.80. The van der Waals surface area contributed by atoms with Crippen LogP contribution < -0.4 is 11.1 Å². The predicted octanol–water partition coefficient (Wildman–Crippen LogP) is 0.182. The summed E-state index contributed by atoms with van der Waals surface area (Å²) in [5, 5.41) is 1.69. The molecule has 0 aromatic carbocycles. The summed E-state index contributed by atoms with van der Waals surface area (Å²) >= 11 is 5.88. The Kier molecular flexibility index (Phi) is 1.39. The molecule has 6 heteroatoms. The van der Waals surface area contributed by atoms with Crippen molar-refractivity contribution in [2.24, 2.45) is 17.8 Å². The van der Waals surface area contributed by atoms with E-state index in [0.29, 0.717) is 5.69 Å². The number of halogens is 1. The van der Waals surface area contributed by atoms with Crippen LogP contribution in [0.15, 0.2) is 11.3 Å². The Morgan fingerprint density at radius 3 is 3.17 bits per heavy atom. The lowest BCUT2D eigenvalue weighted by Gasteiger charge is -2.20. The van der Waals surface area contributed by atoms with Gasteiger partial charge in [0.25, 0.3) is 0 Å². The lowest BCUT2D eigenvalue weighted by molar-refractivity contribution is 0.660. The van der Waals surface area contributed by atoms with Crippen molar-refractivity contribution in [3.8, 4) is 0 Å². The number of hydrogen-bond acceptors (Lipinski definition) is 4. The first-order chi connectivity index (χ1) is 5.61. The molecule has 1 unspecified atom stereocenters. The summed E-state index contributed by atoms with van der Waals surface area (Å²) in [6, 6.07) is 0. The molecule has 2 heterocycles. The molecule has 1 aliphatic heterocycles. The van der Waals surface area contributed by atoms with Gasteiger partial charge in [0, 0.05) is 7.05 Å². The maximum Gasteiger partial charge on any atom is 0.232 e. The van der Waals surface area contributed by atoms with E-state index in [1.54, 1.807) is 10.9 Å². The number of imidazole rings is 1. The Balaban J connectivity index is 2.59. The number of anilines is 1. The number of nitrogens with one attached hydrogen (secondary N) is 1. The third-order valence-electron chi connectivity index (χ3n) is 1.72. The van der Waals surface area contributed by atoms with Crippen molar-refractivity contribution >= 4 is 23.8 Å². The van der Waals surface area contributed by atoms with E-state index in [1.807, 2.05) is 7.05 Å². The largest absolute Gasteiger partial charge is 0.331 e. The molecular formula is C6H8ClN5. The van der Waals surface area contributed by atoms with Crippen LogP contribution in [-0.4, -0.2) is 15.9 Å². The number of nitrogens with two attached hydrogens (primary N) is 1. The van der Waals surface area contributed by atoms with Gasteiger partial charge in [-0.15, -0.1) is 0 Å². The minimum atomic E-state index is -1.22. The molecule has 0 spiro atoms. The molecule has 2 rings (SSSR count). The average molecular weight is 186 g/mol. The standard InChI is InChI=1S/C6H8ClN5/c1-12-3-10-4-5(12)9-2-11-6(4,7)8/h2-3H,8H2,1H3,(H,9,11). The molecule has 0 fully saturated rings. The van der Waals surface area contributed by atoms with Gasteiger partial charge >= 0.3 is 0 Å². The highest BCUT2D eigenvalue weighted by Crippen LogP contribution is 2.31. The summed E-state index contributed by atoms with van der Waals surface area (Å²) in [7, 11) is 1.85. The molecule has 0 saturated heterocycles. The van der Waals surface area contributed by atoms with Crippen LogP contribution >= 0.6 is 11.6 Å². The first kappa shape index (κ1) is 7.57. The van der Waals surface area contributed by atoms with Crippen LogP contribution in [0, 0.1) is 0 Å². The van der Waals surface area contributed by atoms with Crippen LogP contribution in [0.2, 0.25) is 0 Å². The van der Waals surface area contributed by atoms with Crippen LogP contribution in [0.3, 0.4) is 0 Å². The van der Waals surface area contributed by atoms with Crippen molar-refractivity contribution in [1.82, 2.24) is 9.55 Å². The molecule has 3 N–H and O–H groups in total. The normalized spacial score (nSPS) is 26.6. The number of fused-ring (bicyclic) bond motifs is 1. The van der Waals surface area contributed by atoms with Crippen molar-refractivity contribution in [3.63, 3.8) is 0 Å². The smallest absolute Gasteiger partial charge is 0.232 e. The number of aryl methyl sites for hydroxylation is 1. The number of nitrogens with zero attached hydrogens (tertiary/aromatic N) is 3. The van der Waals surface area contributed by atoms with Crippen molar-refractivity contribution in [2.75, 3.05) is 5.32 Å². The number of alkyl halides is 1. The van der Waals surface area contributed by atoms with Crippen molar-refractivity contribution < 1.29 is 0 Å². The molecule has 1 atom stereocenters. The first-order valence-electron chi connectivity index (χ1n) is 3.41. The molecule has 1 aliphatic rings. The van der Waals surface area contributed by atoms with Crippen molar-refractivity contribution in [1.29, 1.82) is 0 Å². The van der Waals surface area contributed by atoms with E-state index in [-0.39, 0.29) is 0 Å². The quantitative estimate of drug-likeness (QED) is 0.448. The molecule has 12 heavy (non-hydrogen) atoms. The fraction of sp³-hybridized carbons (Fsp3) is 0.333. The van der Waals surface area contributed by atoms with Gasteiger partial charge in [0.15, 0.2) is 0 Å². The minimum absolute atomic E-state index is 0.550. The van der Waals surface area contributed by atoms with E-state index in [9.17, 15) is 0 Å². The van der Waals surface area contributed by atoms with E-state index in [0.717, 1.165) is 5.82 Å². The van der Waals surface area contributed by atoms with E-state index >= 15 is 0 Å². The Bertz CT molecular complexity index is 340. The number of aliphatic imine (C=N–C) groups is 1. The van der Waals surface area contributed by atoms with Crippen molar-refractivity contribution in [3.05, 3.63) is 12.0 Å². The van der Waals surface area contributed by atoms with Gasteiger partial charge in [-0.2, -0.15) is 0 Å². The Morgan fingerprint density at radius 1 is 1.75 bits per heavy atom. The highest BCUT2D eigenvalue weighted by Gasteiger charge is 2.32. The average Bonchev–Trinajstić information content (AvgIpc) is 2.33. The third-order valence-corrected chi connectivity index (χ3v) is 2.00. The second-order valence-corrected chi connectivity index (χ2v) is 3.20. The van der Waals surface area contributed by atoms with Crippen molar-refractivity contribution in [2.45, 2.75) is 5.12 Å². The number of rotatable bonds is 0. The Hall–Kier alpha value is -1.07. The molecular weight excluding hydrogens is 178 g/mol. The molecule has 5 nitrogen and oxygen atoms in total. The van der Waals surface area contributed by atoms with Gasteiger partial charge in [0.05, 0.1) is 12.7 Å². The summed E-state index contributed by atoms with van der Waals surface area (Å²) in [5.74, 6) is 0.780. The maximum atomic E-state index is 5.88. The lowest BCUT2D eigenvalue weighted by Crippen LogP contribution is -2.32. The van der Waals surface area contributed by atoms with E-state index in [1.165, 1.54) is 6.34 Å². The first-order valence-corrected chi connectivity index (χ1v) is 3.79. The van der Waals surface area contributed by atoms with Crippen LogP contribution in [0.25, 0.3) is 0 Å². The van der Waals surface area contributed by atoms with Gasteiger partial charge in [0.1, 0.15) is 11.5 Å². The SMILES string of the molecule is Cn1cnc2c1NC=NC2(N)Cl. The second-order valence-electron chi connectivity index (χ2n) is 2.63. The van der Waals surface area contributed by atoms with Gasteiger partial charge in [-0.25, -0.2) is 9.98 Å². The van der Waals surface area contributed by atoms with Crippen LogP contribution in [-0.2, 0) is 12.2 Å². The van der Waals surface area contributed by atoms with E-state index in [2.05, 4.69) is 15.3 Å². The maximum absolute atomic E-state index is 5.88. The van der Waals surface area contributed by atoms with Gasteiger partial charge in [-0.3, -0.25) is 5.73 Å². The van der Waals surface area contributed by atoms with E-state index in [4.69, 9.17) is 17.3 Å². The Labute approximate surface area is 74.2 Å². The van der Waals surface area contributed by atoms with Crippen LogP contribution in [0.1, 0.15) is 5.69 Å². The fourth-order valence-corrected chi connectivity index (χ4v) is 1.29. The summed E-state index contributed by atoms with van der Waals surface area (Å²) in [6.07, 6.45) is 3.10. The monoisotopic (exact) mass is 185 g/mol. The molecule has 1 aromatic rings. The zero-order chi connectivity index (χ0) is 8.77. The lowest BCUT2D eigenvalue weighted by atomic mass is 10.3. The molecule has 1 aromatic heterocycles. The minimum Gasteiger partial charge on any atom is -0.331 e. The number of aromatic nitrogens is 2. The fourth-order valence-electron chi connectivity index (χ4n) is 1.11. The van der Waals surface area contributed by atoms with Crippen LogP contribution in [0.5, 0.6) is 0 Å². The van der Waals surface area contributed by atoms with Gasteiger partial charge in [-0.05, 0) is 0 Å². The summed E-state index contributed by atoms with van der Waals surface area (Å²) in [6.45, 7) is 0. The Morgan fingerprint density at radius 2 is 2.50 bits per heavy atom. The summed E-state index contributed by atoms with van der Waals surface area (Å²) in [5.41, 5.74) is 6.20. The van der Waals surface area contributed by atoms with Gasteiger partial charge in [0.2, 0.25) is 5.12 Å². The zero-order valence-electron chi connectivity index (χ0n) is 6.45. The molecule has 0 radical (unpaired) electrons. The van der Waals surface area contributed by atoms with Gasteiger partial charge < -0.3 is 9.88 Å². The highest BCUT2D eigenvalue weighted by atomic mass is 35.5. The second kappa shape index (κ2) is 2.21.